The number of carbonyl (C=O) groups excluding carboxylic acids is 1. The second-order valence-corrected chi connectivity index (χ2v) is 3.50. The highest BCUT2D eigenvalue weighted by molar-refractivity contribution is 7.99. The van der Waals surface area contributed by atoms with Crippen LogP contribution in [-0.2, 0) is 18.3 Å². The monoisotopic (exact) mass is 184 g/mol. The number of hydrogen-bond donors (Lipinski definition) is 0. The Morgan fingerprint density at radius 1 is 1.75 bits per heavy atom. The van der Waals surface area contributed by atoms with Crippen molar-refractivity contribution in [2.45, 2.75) is 6.42 Å². The lowest BCUT2D eigenvalue weighted by molar-refractivity contribution is -0.116. The van der Waals surface area contributed by atoms with Gasteiger partial charge in [-0.15, -0.1) is 0 Å². The van der Waals surface area contributed by atoms with Crippen molar-refractivity contribution in [1.82, 2.24) is 9.78 Å². The molecule has 0 fully saturated rings. The molecule has 66 valence electrons. The van der Waals surface area contributed by atoms with E-state index in [1.54, 1.807) is 16.4 Å². The van der Waals surface area contributed by atoms with Crippen LogP contribution >= 0.6 is 11.8 Å². The van der Waals surface area contributed by atoms with Gasteiger partial charge in [0.2, 0.25) is 0 Å². The molecule has 0 N–H and O–H groups in total. The van der Waals surface area contributed by atoms with E-state index in [1.807, 2.05) is 25.6 Å². The highest BCUT2D eigenvalue weighted by atomic mass is 32.2. The Morgan fingerprint density at radius 3 is 3.00 bits per heavy atom. The van der Waals surface area contributed by atoms with Gasteiger partial charge < -0.3 is 0 Å². The minimum atomic E-state index is 0.237. The second-order valence-electron chi connectivity index (χ2n) is 2.63. The molecule has 1 rings (SSSR count). The molecule has 0 saturated carbocycles. The maximum atomic E-state index is 11.2. The number of rotatable bonds is 4. The van der Waals surface area contributed by atoms with Gasteiger partial charge in [0.25, 0.3) is 0 Å². The fourth-order valence-corrected chi connectivity index (χ4v) is 1.40. The summed E-state index contributed by atoms with van der Waals surface area (Å²) in [5.41, 5.74) is 0.858. The third kappa shape index (κ3) is 2.70. The third-order valence-electron chi connectivity index (χ3n) is 1.45. The van der Waals surface area contributed by atoms with Gasteiger partial charge in [0.1, 0.15) is 5.78 Å². The molecule has 0 aliphatic heterocycles. The summed E-state index contributed by atoms with van der Waals surface area (Å²) in [4.78, 5) is 11.2. The molecule has 0 atom stereocenters. The Bertz CT molecular complexity index is 270. The lowest BCUT2D eigenvalue weighted by Crippen LogP contribution is -2.06. The molecule has 0 aromatic carbocycles. The molecule has 3 nitrogen and oxygen atoms in total. The number of ketones is 1. The van der Waals surface area contributed by atoms with Crippen LogP contribution in [0.15, 0.2) is 12.3 Å². The van der Waals surface area contributed by atoms with Crippen molar-refractivity contribution in [2.24, 2.45) is 7.05 Å². The molecule has 0 unspecified atom stereocenters. The number of Topliss-reactive ketones (excluding diaryl/α,β-unsaturated/α-hetero) is 1. The molecule has 0 aliphatic rings. The van der Waals surface area contributed by atoms with Crippen LogP contribution in [0.2, 0.25) is 0 Å². The molecular formula is C8H12N2OS. The number of aromatic nitrogens is 2. The minimum Gasteiger partial charge on any atom is -0.298 e. The van der Waals surface area contributed by atoms with Crippen LogP contribution in [0.3, 0.4) is 0 Å². The van der Waals surface area contributed by atoms with Crippen LogP contribution in [0, 0.1) is 0 Å². The van der Waals surface area contributed by atoms with Crippen molar-refractivity contribution < 1.29 is 4.79 Å². The summed E-state index contributed by atoms with van der Waals surface area (Å²) < 4.78 is 1.71. The van der Waals surface area contributed by atoms with Crippen LogP contribution in [-0.4, -0.2) is 27.6 Å². The molecule has 1 aromatic rings. The molecule has 0 amide bonds. The lowest BCUT2D eigenvalue weighted by atomic mass is 10.2. The first-order valence-electron chi connectivity index (χ1n) is 3.71. The summed E-state index contributed by atoms with van der Waals surface area (Å²) in [7, 11) is 1.85. The van der Waals surface area contributed by atoms with E-state index in [2.05, 4.69) is 5.10 Å². The van der Waals surface area contributed by atoms with Crippen LogP contribution in [0.25, 0.3) is 0 Å². The molecule has 0 spiro atoms. The summed E-state index contributed by atoms with van der Waals surface area (Å²) in [5, 5.41) is 4.12. The predicted molar refractivity (Wildman–Crippen MR) is 50.3 cm³/mol. The van der Waals surface area contributed by atoms with Crippen LogP contribution < -0.4 is 0 Å². The van der Waals surface area contributed by atoms with Crippen LogP contribution in [0.5, 0.6) is 0 Å². The average molecular weight is 184 g/mol. The fourth-order valence-electron chi connectivity index (χ4n) is 0.971. The van der Waals surface area contributed by atoms with Gasteiger partial charge in [-0.3, -0.25) is 9.48 Å². The molecule has 1 heterocycles. The summed E-state index contributed by atoms with van der Waals surface area (Å²) in [6.07, 6.45) is 4.24. The van der Waals surface area contributed by atoms with Crippen molar-refractivity contribution in [1.29, 1.82) is 0 Å². The van der Waals surface area contributed by atoms with Crippen molar-refractivity contribution in [3.63, 3.8) is 0 Å². The van der Waals surface area contributed by atoms with Gasteiger partial charge >= 0.3 is 0 Å². The van der Waals surface area contributed by atoms with Gasteiger partial charge in [0.15, 0.2) is 0 Å². The zero-order valence-corrected chi connectivity index (χ0v) is 8.10. The minimum absolute atomic E-state index is 0.237. The lowest BCUT2D eigenvalue weighted by Gasteiger charge is -1.93. The first-order valence-corrected chi connectivity index (χ1v) is 5.11. The molecular weight excluding hydrogens is 172 g/mol. The molecule has 0 bridgehead atoms. The number of carbonyl (C=O) groups is 1. The molecule has 0 aliphatic carbocycles. The SMILES string of the molecule is CSCC(=O)Cc1ccn(C)n1. The molecule has 4 heteroatoms. The van der Waals surface area contributed by atoms with Gasteiger partial charge in [-0.05, 0) is 12.3 Å². The summed E-state index contributed by atoms with van der Waals surface area (Å²) in [5.74, 6) is 0.817. The Balaban J connectivity index is 2.46. The average Bonchev–Trinajstić information content (AvgIpc) is 2.36. The Morgan fingerprint density at radius 2 is 2.50 bits per heavy atom. The number of thioether (sulfide) groups is 1. The van der Waals surface area contributed by atoms with E-state index >= 15 is 0 Å². The number of hydrogen-bond acceptors (Lipinski definition) is 3. The molecule has 0 radical (unpaired) electrons. The standard InChI is InChI=1S/C8H12N2OS/c1-10-4-3-7(9-10)5-8(11)6-12-2/h3-4H,5-6H2,1-2H3. The highest BCUT2D eigenvalue weighted by Crippen LogP contribution is 2.00. The van der Waals surface area contributed by atoms with E-state index in [0.29, 0.717) is 12.2 Å². The molecule has 12 heavy (non-hydrogen) atoms. The third-order valence-corrected chi connectivity index (χ3v) is 2.06. The van der Waals surface area contributed by atoms with Crippen molar-refractivity contribution in [3.05, 3.63) is 18.0 Å². The maximum Gasteiger partial charge on any atom is 0.148 e. The normalized spacial score (nSPS) is 10.2. The summed E-state index contributed by atoms with van der Waals surface area (Å²) in [6.45, 7) is 0. The first-order chi connectivity index (χ1) is 5.72. The zero-order chi connectivity index (χ0) is 8.97. The summed E-state index contributed by atoms with van der Waals surface area (Å²) >= 11 is 1.55. The van der Waals surface area contributed by atoms with E-state index in [0.717, 1.165) is 5.69 Å². The van der Waals surface area contributed by atoms with Crippen molar-refractivity contribution in [3.8, 4) is 0 Å². The van der Waals surface area contributed by atoms with Gasteiger partial charge in [-0.2, -0.15) is 16.9 Å². The van der Waals surface area contributed by atoms with Crippen molar-refractivity contribution >= 4 is 17.5 Å². The predicted octanol–water partition coefficient (Wildman–Crippen LogP) is 0.895. The van der Waals surface area contributed by atoms with E-state index in [1.165, 1.54) is 0 Å². The largest absolute Gasteiger partial charge is 0.298 e. The Hall–Kier alpha value is -0.770. The molecule has 0 saturated heterocycles. The Labute approximate surface area is 76.1 Å². The van der Waals surface area contributed by atoms with E-state index in [-0.39, 0.29) is 5.78 Å². The zero-order valence-electron chi connectivity index (χ0n) is 7.28. The van der Waals surface area contributed by atoms with Crippen molar-refractivity contribution in [2.75, 3.05) is 12.0 Å². The summed E-state index contributed by atoms with van der Waals surface area (Å²) in [6, 6.07) is 1.87. The van der Waals surface area contributed by atoms with Gasteiger partial charge in [-0.25, -0.2) is 0 Å². The van der Waals surface area contributed by atoms with Gasteiger partial charge in [-0.1, -0.05) is 0 Å². The van der Waals surface area contributed by atoms with E-state index in [9.17, 15) is 4.79 Å². The maximum absolute atomic E-state index is 11.2. The molecule has 1 aromatic heterocycles. The van der Waals surface area contributed by atoms with Crippen LogP contribution in [0.4, 0.5) is 0 Å². The quantitative estimate of drug-likeness (QED) is 0.697. The highest BCUT2D eigenvalue weighted by Gasteiger charge is 2.04. The Kier molecular flexibility index (Phi) is 3.34. The van der Waals surface area contributed by atoms with Gasteiger partial charge in [0, 0.05) is 13.2 Å². The van der Waals surface area contributed by atoms with Crippen LogP contribution in [0.1, 0.15) is 5.69 Å². The number of aryl methyl sites for hydroxylation is 1. The van der Waals surface area contributed by atoms with Gasteiger partial charge in [0.05, 0.1) is 17.9 Å². The topological polar surface area (TPSA) is 34.9 Å². The van der Waals surface area contributed by atoms with E-state index < -0.39 is 0 Å². The van der Waals surface area contributed by atoms with E-state index in [4.69, 9.17) is 0 Å². The number of nitrogens with zero attached hydrogens (tertiary/aromatic N) is 2. The first kappa shape index (κ1) is 9.32. The smallest absolute Gasteiger partial charge is 0.148 e. The fraction of sp³-hybridized carbons (Fsp3) is 0.500. The second kappa shape index (κ2) is 4.30.